The second-order valence-corrected chi connectivity index (χ2v) is 4.09. The molecule has 0 N–H and O–H groups in total. The maximum atomic E-state index is 4.03. The fraction of sp³-hybridized carbons (Fsp3) is 0. The highest BCUT2D eigenvalue weighted by atomic mass is 14.2. The molecule has 1 heteroatoms. The Hall–Kier alpha value is -2.28. The zero-order valence-electron chi connectivity index (χ0n) is 11.3. The number of hydrogen-bond acceptors (Lipinski definition) is 0. The van der Waals surface area contributed by atoms with Gasteiger partial charge in [-0.3, -0.25) is 0 Å². The van der Waals surface area contributed by atoms with E-state index in [0.717, 1.165) is 33.2 Å². The van der Waals surface area contributed by atoms with Crippen molar-refractivity contribution in [2.24, 2.45) is 0 Å². The van der Waals surface area contributed by atoms with Crippen LogP contribution >= 0.6 is 0 Å². The zero-order chi connectivity index (χ0) is 14.4. The first-order valence-corrected chi connectivity index (χ1v) is 5.98. The van der Waals surface area contributed by atoms with Gasteiger partial charge in [-0.2, -0.15) is 0 Å². The molecule has 0 atom stereocenters. The van der Waals surface area contributed by atoms with Crippen LogP contribution in [0.4, 0.5) is 0 Å². The van der Waals surface area contributed by atoms with Crippen molar-refractivity contribution in [1.29, 1.82) is 0 Å². The highest BCUT2D eigenvalue weighted by Crippen LogP contribution is 2.33. The monoisotopic (exact) mass is 245 g/mol. The third-order valence-electron chi connectivity index (χ3n) is 2.91. The summed E-state index contributed by atoms with van der Waals surface area (Å²) in [6.07, 6.45) is 11.0. The third-order valence-corrected chi connectivity index (χ3v) is 2.91. The van der Waals surface area contributed by atoms with Gasteiger partial charge in [-0.25, -0.2) is 0 Å². The molecule has 1 rings (SSSR count). The van der Waals surface area contributed by atoms with Crippen molar-refractivity contribution in [3.63, 3.8) is 0 Å². The molecule has 0 saturated carbocycles. The van der Waals surface area contributed by atoms with Crippen molar-refractivity contribution in [3.05, 3.63) is 109 Å². The molecule has 0 aromatic rings. The number of rotatable bonds is 7. The predicted molar refractivity (Wildman–Crippen MR) is 88.0 cm³/mol. The molecule has 0 fully saturated rings. The zero-order valence-corrected chi connectivity index (χ0v) is 11.3. The topological polar surface area (TPSA) is 0 Å². The lowest BCUT2D eigenvalue weighted by Gasteiger charge is -2.08. The van der Waals surface area contributed by atoms with Gasteiger partial charge >= 0.3 is 0 Å². The Morgan fingerprint density at radius 3 is 2.05 bits per heavy atom. The van der Waals surface area contributed by atoms with E-state index in [1.165, 1.54) is 0 Å². The molecule has 1 aliphatic rings. The fourth-order valence-corrected chi connectivity index (χ4v) is 1.86. The molecule has 19 heavy (non-hydrogen) atoms. The molecule has 0 spiro atoms. The van der Waals surface area contributed by atoms with Crippen molar-refractivity contribution in [3.8, 4) is 0 Å². The lowest BCUT2D eigenvalue weighted by Crippen LogP contribution is -1.93. The van der Waals surface area contributed by atoms with Crippen LogP contribution in [-0.2, 0) is 0 Å². The predicted octanol–water partition coefficient (Wildman–Crippen LogP) is 4.63. The number of hydrogen-bond donors (Lipinski definition) is 0. The summed E-state index contributed by atoms with van der Waals surface area (Å²) in [7, 11) is 2.06. The van der Waals surface area contributed by atoms with Gasteiger partial charge in [-0.15, -0.1) is 0 Å². The molecule has 1 radical (unpaired) electrons. The molecule has 0 aromatic heterocycles. The normalized spacial score (nSPS) is 14.3. The summed E-state index contributed by atoms with van der Waals surface area (Å²) in [5.41, 5.74) is 5.88. The molecule has 1 aliphatic heterocycles. The quantitative estimate of drug-likeness (QED) is 0.453. The third kappa shape index (κ3) is 3.14. The minimum Gasteiger partial charge on any atom is -0.0996 e. The van der Waals surface area contributed by atoms with Crippen LogP contribution in [0.25, 0.3) is 0 Å². The lowest BCUT2D eigenvalue weighted by atomic mass is 9.65. The Labute approximate surface area is 117 Å². The van der Waals surface area contributed by atoms with Gasteiger partial charge < -0.3 is 0 Å². The van der Waals surface area contributed by atoms with Crippen LogP contribution in [0, 0.1) is 0 Å². The Morgan fingerprint density at radius 2 is 1.58 bits per heavy atom. The standard InChI is InChI=1S/C18H18B/c1-7-13(5)11-12-17-18(14(6)8-2)15(9-3)16(10-4)19-17/h7-12H,1-6H2/b12-11-. The summed E-state index contributed by atoms with van der Waals surface area (Å²) in [5.74, 6) is 0. The Morgan fingerprint density at radius 1 is 0.895 bits per heavy atom. The van der Waals surface area contributed by atoms with Gasteiger partial charge in [0.15, 0.2) is 7.28 Å². The van der Waals surface area contributed by atoms with Crippen LogP contribution < -0.4 is 0 Å². The van der Waals surface area contributed by atoms with Crippen molar-refractivity contribution < 1.29 is 0 Å². The summed E-state index contributed by atoms with van der Waals surface area (Å²) < 4.78 is 0. The molecule has 0 unspecified atom stereocenters. The Balaban J connectivity index is 3.30. The van der Waals surface area contributed by atoms with E-state index in [2.05, 4.69) is 46.8 Å². The van der Waals surface area contributed by atoms with Crippen LogP contribution in [0.5, 0.6) is 0 Å². The van der Waals surface area contributed by atoms with E-state index >= 15 is 0 Å². The average molecular weight is 245 g/mol. The molecule has 0 bridgehead atoms. The van der Waals surface area contributed by atoms with Crippen molar-refractivity contribution in [2.75, 3.05) is 0 Å². The lowest BCUT2D eigenvalue weighted by molar-refractivity contribution is 1.48. The minimum absolute atomic E-state index is 0.858. The van der Waals surface area contributed by atoms with Crippen LogP contribution in [0.15, 0.2) is 109 Å². The van der Waals surface area contributed by atoms with Crippen LogP contribution in [0.3, 0.4) is 0 Å². The van der Waals surface area contributed by atoms with E-state index in [1.54, 1.807) is 12.2 Å². The molecule has 0 amide bonds. The van der Waals surface area contributed by atoms with E-state index < -0.39 is 0 Å². The Bertz CT molecular complexity index is 562. The molecule has 0 nitrogen and oxygen atoms in total. The summed E-state index contributed by atoms with van der Waals surface area (Å²) >= 11 is 0. The van der Waals surface area contributed by atoms with E-state index in [1.807, 2.05) is 24.3 Å². The van der Waals surface area contributed by atoms with Gasteiger partial charge in [-0.1, -0.05) is 86.9 Å². The maximum absolute atomic E-state index is 4.03. The average Bonchev–Trinajstić information content (AvgIpc) is 2.81. The first kappa shape index (κ1) is 14.8. The van der Waals surface area contributed by atoms with E-state index in [4.69, 9.17) is 0 Å². The number of allylic oxidation sites excluding steroid dienone is 12. The fourth-order valence-electron chi connectivity index (χ4n) is 1.86. The van der Waals surface area contributed by atoms with Crippen molar-refractivity contribution >= 4 is 7.28 Å². The summed E-state index contributed by atoms with van der Waals surface area (Å²) in [6, 6.07) is 0. The summed E-state index contributed by atoms with van der Waals surface area (Å²) in [4.78, 5) is 0. The van der Waals surface area contributed by atoms with Crippen molar-refractivity contribution in [1.82, 2.24) is 0 Å². The van der Waals surface area contributed by atoms with Crippen molar-refractivity contribution in [2.45, 2.75) is 0 Å². The van der Waals surface area contributed by atoms with Crippen LogP contribution in [0.1, 0.15) is 0 Å². The largest absolute Gasteiger partial charge is 0.193 e. The minimum atomic E-state index is 0.858. The summed E-state index contributed by atoms with van der Waals surface area (Å²) in [6.45, 7) is 23.1. The maximum Gasteiger partial charge on any atom is 0.193 e. The highest BCUT2D eigenvalue weighted by molar-refractivity contribution is 6.58. The molecule has 0 aliphatic carbocycles. The highest BCUT2D eigenvalue weighted by Gasteiger charge is 2.21. The van der Waals surface area contributed by atoms with Gasteiger partial charge in [0.25, 0.3) is 0 Å². The molecule has 93 valence electrons. The van der Waals surface area contributed by atoms with Gasteiger partial charge in [-0.05, 0) is 22.3 Å². The molecule has 0 saturated heterocycles. The molecular formula is C18H18B. The van der Waals surface area contributed by atoms with E-state index in [9.17, 15) is 0 Å². The molecular weight excluding hydrogens is 227 g/mol. The van der Waals surface area contributed by atoms with Gasteiger partial charge in [0.05, 0.1) is 0 Å². The second-order valence-electron chi connectivity index (χ2n) is 4.09. The molecule has 1 heterocycles. The Kier molecular flexibility index (Phi) is 5.14. The van der Waals surface area contributed by atoms with E-state index in [0.29, 0.717) is 0 Å². The van der Waals surface area contributed by atoms with Gasteiger partial charge in [0.1, 0.15) is 0 Å². The molecule has 0 aromatic carbocycles. The first-order chi connectivity index (χ1) is 9.08. The van der Waals surface area contributed by atoms with Gasteiger partial charge in [0.2, 0.25) is 0 Å². The van der Waals surface area contributed by atoms with Gasteiger partial charge in [0, 0.05) is 0 Å². The second kappa shape index (κ2) is 6.60. The summed E-state index contributed by atoms with van der Waals surface area (Å²) in [5, 5.41) is 0. The van der Waals surface area contributed by atoms with Crippen LogP contribution in [0.2, 0.25) is 0 Å². The van der Waals surface area contributed by atoms with E-state index in [-0.39, 0.29) is 0 Å². The smallest absolute Gasteiger partial charge is 0.0996 e. The van der Waals surface area contributed by atoms with Crippen LogP contribution in [-0.4, -0.2) is 7.28 Å². The first-order valence-electron chi connectivity index (χ1n) is 5.98. The SMILES string of the molecule is C=CC(=C)/C=C\C1=C(C(=C)C=C)C(C=C)=C(C=C)[B]1.